The Labute approximate surface area is 141 Å². The van der Waals surface area contributed by atoms with Gasteiger partial charge in [0.25, 0.3) is 11.8 Å². The number of carbonyl (C=O) groups excluding carboxylic acids is 2. The highest BCUT2D eigenvalue weighted by atomic mass is 16.7. The topological polar surface area (TPSA) is 49.9 Å². The summed E-state index contributed by atoms with van der Waals surface area (Å²) in [6, 6.07) is 17.0. The van der Waals surface area contributed by atoms with E-state index in [1.807, 2.05) is 48.5 Å². The third-order valence-electron chi connectivity index (χ3n) is 4.30. The smallest absolute Gasteiger partial charge is 0.255 e. The number of hydrogen-bond donors (Lipinski definition) is 0. The van der Waals surface area contributed by atoms with E-state index in [4.69, 9.17) is 4.84 Å². The van der Waals surface area contributed by atoms with Crippen LogP contribution in [0, 0.1) is 0 Å². The molecule has 0 spiro atoms. The first-order valence-corrected chi connectivity index (χ1v) is 7.85. The first kappa shape index (κ1) is 16.2. The van der Waals surface area contributed by atoms with E-state index in [0.29, 0.717) is 18.7 Å². The second-order valence-electron chi connectivity index (χ2n) is 5.87. The van der Waals surface area contributed by atoms with Crippen LogP contribution in [0.5, 0.6) is 0 Å². The van der Waals surface area contributed by atoms with E-state index in [1.54, 1.807) is 18.0 Å². The van der Waals surface area contributed by atoms with Gasteiger partial charge >= 0.3 is 0 Å². The summed E-state index contributed by atoms with van der Waals surface area (Å²) in [6.07, 6.45) is 0. The van der Waals surface area contributed by atoms with Crippen LogP contribution in [-0.2, 0) is 16.2 Å². The van der Waals surface area contributed by atoms with Crippen molar-refractivity contribution in [2.45, 2.75) is 12.5 Å². The van der Waals surface area contributed by atoms with Crippen molar-refractivity contribution in [3.8, 4) is 0 Å². The number of nitrogens with zero attached hydrogens (tertiary/aromatic N) is 2. The molecule has 0 aromatic heterocycles. The van der Waals surface area contributed by atoms with Crippen LogP contribution in [-0.4, -0.2) is 42.5 Å². The third-order valence-corrected chi connectivity index (χ3v) is 4.30. The predicted molar refractivity (Wildman–Crippen MR) is 90.1 cm³/mol. The number of amides is 2. The van der Waals surface area contributed by atoms with Gasteiger partial charge in [0.15, 0.2) is 0 Å². The molecule has 0 fully saturated rings. The normalized spacial score (nSPS) is 16.7. The Morgan fingerprint density at radius 2 is 1.83 bits per heavy atom. The van der Waals surface area contributed by atoms with E-state index in [-0.39, 0.29) is 11.8 Å². The number of rotatable bonds is 4. The molecule has 0 bridgehead atoms. The Morgan fingerprint density at radius 3 is 2.54 bits per heavy atom. The average molecular weight is 324 g/mol. The van der Waals surface area contributed by atoms with Crippen molar-refractivity contribution >= 4 is 11.8 Å². The summed E-state index contributed by atoms with van der Waals surface area (Å²) in [5.41, 5.74) is 2.34. The van der Waals surface area contributed by atoms with Crippen LogP contribution < -0.4 is 0 Å². The lowest BCUT2D eigenvalue weighted by atomic mass is 9.88. The van der Waals surface area contributed by atoms with Gasteiger partial charge in [-0.25, -0.2) is 5.06 Å². The lowest BCUT2D eigenvalue weighted by molar-refractivity contribution is -0.181. The highest BCUT2D eigenvalue weighted by Gasteiger charge is 2.35. The lowest BCUT2D eigenvalue weighted by Crippen LogP contribution is -2.44. The zero-order valence-corrected chi connectivity index (χ0v) is 13.8. The summed E-state index contributed by atoms with van der Waals surface area (Å²) >= 11 is 0. The van der Waals surface area contributed by atoms with Gasteiger partial charge in [0, 0.05) is 19.2 Å². The van der Waals surface area contributed by atoms with E-state index in [1.165, 1.54) is 12.2 Å². The molecule has 1 atom stereocenters. The predicted octanol–water partition coefficient (Wildman–Crippen LogP) is 2.45. The molecule has 1 aliphatic heterocycles. The fourth-order valence-corrected chi connectivity index (χ4v) is 3.02. The van der Waals surface area contributed by atoms with Gasteiger partial charge < -0.3 is 4.90 Å². The largest absolute Gasteiger partial charge is 0.341 e. The van der Waals surface area contributed by atoms with Gasteiger partial charge in [-0.3, -0.25) is 14.4 Å². The number of likely N-dealkylation sites (N-methyl/N-ethyl adjacent to an activating group) is 1. The molecule has 0 saturated heterocycles. The van der Waals surface area contributed by atoms with Crippen LogP contribution in [0.4, 0.5) is 0 Å². The molecule has 0 N–H and O–H groups in total. The zero-order chi connectivity index (χ0) is 17.1. The summed E-state index contributed by atoms with van der Waals surface area (Å²) in [6.45, 7) is 0.718. The van der Waals surface area contributed by atoms with Crippen LogP contribution in [0.25, 0.3) is 0 Å². The van der Waals surface area contributed by atoms with Gasteiger partial charge in [0.1, 0.15) is 0 Å². The number of fused-ring (bicyclic) bond motifs is 1. The highest BCUT2D eigenvalue weighted by molar-refractivity contribution is 6.00. The molecular formula is C19H20N2O3. The second kappa shape index (κ2) is 6.84. The second-order valence-corrected chi connectivity index (χ2v) is 5.87. The van der Waals surface area contributed by atoms with Crippen molar-refractivity contribution < 1.29 is 14.4 Å². The summed E-state index contributed by atoms with van der Waals surface area (Å²) in [4.78, 5) is 32.2. The lowest BCUT2D eigenvalue weighted by Gasteiger charge is -2.33. The van der Waals surface area contributed by atoms with E-state index >= 15 is 0 Å². The van der Waals surface area contributed by atoms with Crippen molar-refractivity contribution in [1.29, 1.82) is 0 Å². The monoisotopic (exact) mass is 324 g/mol. The van der Waals surface area contributed by atoms with Crippen LogP contribution in [0.2, 0.25) is 0 Å². The number of hydrogen-bond acceptors (Lipinski definition) is 3. The minimum Gasteiger partial charge on any atom is -0.341 e. The maximum Gasteiger partial charge on any atom is 0.255 e. The quantitative estimate of drug-likeness (QED) is 0.812. The summed E-state index contributed by atoms with van der Waals surface area (Å²) in [5, 5.41) is 1.36. The first-order chi connectivity index (χ1) is 11.6. The van der Waals surface area contributed by atoms with Crippen molar-refractivity contribution in [2.24, 2.45) is 0 Å². The Hall–Kier alpha value is -2.66. The van der Waals surface area contributed by atoms with Gasteiger partial charge in [0.2, 0.25) is 0 Å². The minimum atomic E-state index is -0.424. The molecule has 2 amide bonds. The van der Waals surface area contributed by atoms with Gasteiger partial charge in [-0.2, -0.15) is 0 Å². The molecular weight excluding hydrogens is 304 g/mol. The summed E-state index contributed by atoms with van der Waals surface area (Å²) in [7, 11) is 3.21. The van der Waals surface area contributed by atoms with Crippen LogP contribution >= 0.6 is 0 Å². The number of benzene rings is 2. The fourth-order valence-electron chi connectivity index (χ4n) is 3.02. The van der Waals surface area contributed by atoms with E-state index in [9.17, 15) is 9.59 Å². The molecule has 124 valence electrons. The molecule has 5 heteroatoms. The van der Waals surface area contributed by atoms with Crippen molar-refractivity contribution in [3.05, 3.63) is 71.3 Å². The molecule has 0 radical (unpaired) electrons. The Morgan fingerprint density at radius 1 is 1.17 bits per heavy atom. The van der Waals surface area contributed by atoms with E-state index in [0.717, 1.165) is 11.1 Å². The van der Waals surface area contributed by atoms with E-state index < -0.39 is 5.92 Å². The van der Waals surface area contributed by atoms with Gasteiger partial charge in [-0.05, 0) is 17.2 Å². The van der Waals surface area contributed by atoms with E-state index in [2.05, 4.69) is 0 Å². The summed E-state index contributed by atoms with van der Waals surface area (Å²) in [5.74, 6) is -0.623. The Bertz CT molecular complexity index is 745. The van der Waals surface area contributed by atoms with Crippen molar-refractivity contribution in [2.75, 3.05) is 20.7 Å². The van der Waals surface area contributed by atoms with Crippen molar-refractivity contribution in [3.63, 3.8) is 0 Å². The van der Waals surface area contributed by atoms with Gasteiger partial charge in [-0.15, -0.1) is 0 Å². The molecule has 2 aromatic carbocycles. The fraction of sp³-hybridized carbons (Fsp3) is 0.263. The number of hydroxylamine groups is 2. The number of carbonyl (C=O) groups is 2. The Kier molecular flexibility index (Phi) is 4.62. The van der Waals surface area contributed by atoms with Crippen LogP contribution in [0.1, 0.15) is 27.4 Å². The standard InChI is InChI=1S/C19H20N2O3/c1-20-13-17(15-10-6-7-11-16(15)18(20)22)19(23)21(24-2)12-14-8-4-3-5-9-14/h3-11,17H,12-13H2,1-2H3. The van der Waals surface area contributed by atoms with Gasteiger partial charge in [-0.1, -0.05) is 48.5 Å². The third kappa shape index (κ3) is 3.03. The molecule has 0 aliphatic carbocycles. The SMILES string of the molecule is CON(Cc1ccccc1)C(=O)C1CN(C)C(=O)c2ccccc21. The first-order valence-electron chi connectivity index (χ1n) is 7.85. The average Bonchev–Trinajstić information content (AvgIpc) is 2.63. The van der Waals surface area contributed by atoms with Crippen molar-refractivity contribution in [1.82, 2.24) is 9.96 Å². The minimum absolute atomic E-state index is 0.0540. The van der Waals surface area contributed by atoms with Crippen LogP contribution in [0.3, 0.4) is 0 Å². The highest BCUT2D eigenvalue weighted by Crippen LogP contribution is 2.29. The van der Waals surface area contributed by atoms with Gasteiger partial charge in [0.05, 0.1) is 19.6 Å². The maximum absolute atomic E-state index is 13.0. The zero-order valence-electron chi connectivity index (χ0n) is 13.8. The molecule has 24 heavy (non-hydrogen) atoms. The molecule has 1 heterocycles. The Balaban J connectivity index is 1.88. The molecule has 0 saturated carbocycles. The summed E-state index contributed by atoms with van der Waals surface area (Å²) < 4.78 is 0. The molecule has 2 aromatic rings. The molecule has 3 rings (SSSR count). The maximum atomic E-state index is 13.0. The molecule has 1 aliphatic rings. The van der Waals surface area contributed by atoms with Crippen LogP contribution in [0.15, 0.2) is 54.6 Å². The molecule has 5 nitrogen and oxygen atoms in total. The molecule has 1 unspecified atom stereocenters.